The van der Waals surface area contributed by atoms with Crippen LogP contribution < -0.4 is 21.8 Å². The summed E-state index contributed by atoms with van der Waals surface area (Å²) in [5.74, 6) is -0.141. The zero-order valence-corrected chi connectivity index (χ0v) is 13.6. The van der Waals surface area contributed by atoms with Crippen LogP contribution in [0.15, 0.2) is 17.1 Å². The van der Waals surface area contributed by atoms with Crippen LogP contribution in [-0.2, 0) is 6.54 Å². The van der Waals surface area contributed by atoms with Gasteiger partial charge in [0.2, 0.25) is 5.43 Å². The first kappa shape index (κ1) is 18.7. The summed E-state index contributed by atoms with van der Waals surface area (Å²) in [6.45, 7) is 7.34. The van der Waals surface area contributed by atoms with E-state index in [4.69, 9.17) is 5.73 Å². The fraction of sp³-hybridized carbons (Fsp3) is 0.688. The minimum Gasteiger partial charge on any atom is -0.503 e. The van der Waals surface area contributed by atoms with E-state index in [1.165, 1.54) is 12.5 Å². The third-order valence-electron chi connectivity index (χ3n) is 3.68. The summed E-state index contributed by atoms with van der Waals surface area (Å²) in [5.41, 5.74) is 5.75. The second-order valence-electron chi connectivity index (χ2n) is 5.51. The van der Waals surface area contributed by atoms with E-state index in [0.29, 0.717) is 5.69 Å². The average molecular weight is 310 g/mol. The summed E-state index contributed by atoms with van der Waals surface area (Å²) in [6.07, 6.45) is 6.08. The molecule has 6 nitrogen and oxygen atoms in total. The van der Waals surface area contributed by atoms with Crippen LogP contribution in [0.1, 0.15) is 31.4 Å². The summed E-state index contributed by atoms with van der Waals surface area (Å²) in [6, 6.07) is 1.41. The van der Waals surface area contributed by atoms with Gasteiger partial charge in [-0.05, 0) is 65.3 Å². The van der Waals surface area contributed by atoms with E-state index in [0.717, 1.165) is 58.5 Å². The van der Waals surface area contributed by atoms with E-state index < -0.39 is 0 Å². The molecule has 5 N–H and O–H groups in total. The number of nitrogens with two attached hydrogens (primary N) is 1. The van der Waals surface area contributed by atoms with Gasteiger partial charge in [-0.25, -0.2) is 0 Å². The number of nitrogens with zero attached hydrogens (tertiary/aromatic N) is 1. The molecule has 0 unspecified atom stereocenters. The molecule has 0 spiro atoms. The van der Waals surface area contributed by atoms with Crippen molar-refractivity contribution in [1.82, 2.24) is 15.2 Å². The molecule has 0 amide bonds. The maximum absolute atomic E-state index is 11.3. The van der Waals surface area contributed by atoms with Gasteiger partial charge in [-0.1, -0.05) is 0 Å². The molecule has 0 aliphatic carbocycles. The second kappa shape index (κ2) is 11.2. The first-order chi connectivity index (χ1) is 10.7. The first-order valence-electron chi connectivity index (χ1n) is 8.17. The Balaban J connectivity index is 2.02. The standard InChI is InChI=1S/C16H30N4O2/c1-14-16(22)15(21)6-13-20(14)12-5-11-19-9-3-2-8-18-10-4-7-17/h6,13,18-19,22H,2-5,7-12,17H2,1H3. The monoisotopic (exact) mass is 310 g/mol. The van der Waals surface area contributed by atoms with Crippen molar-refractivity contribution < 1.29 is 5.11 Å². The van der Waals surface area contributed by atoms with Crippen molar-refractivity contribution in [3.05, 3.63) is 28.2 Å². The van der Waals surface area contributed by atoms with E-state index in [1.807, 2.05) is 4.57 Å². The van der Waals surface area contributed by atoms with Gasteiger partial charge in [-0.2, -0.15) is 0 Å². The number of unbranched alkanes of at least 4 members (excludes halogenated alkanes) is 1. The fourth-order valence-electron chi connectivity index (χ4n) is 2.26. The molecule has 1 heterocycles. The van der Waals surface area contributed by atoms with E-state index in [-0.39, 0.29) is 11.2 Å². The highest BCUT2D eigenvalue weighted by atomic mass is 16.3. The molecular weight excluding hydrogens is 280 g/mol. The van der Waals surface area contributed by atoms with Gasteiger partial charge < -0.3 is 26.0 Å². The second-order valence-corrected chi connectivity index (χ2v) is 5.51. The highest BCUT2D eigenvalue weighted by molar-refractivity contribution is 5.25. The number of rotatable bonds is 12. The third kappa shape index (κ3) is 7.06. The lowest BCUT2D eigenvalue weighted by Crippen LogP contribution is -2.22. The van der Waals surface area contributed by atoms with Gasteiger partial charge in [-0.15, -0.1) is 0 Å². The molecule has 6 heteroatoms. The zero-order chi connectivity index (χ0) is 16.2. The van der Waals surface area contributed by atoms with Crippen molar-refractivity contribution in [2.45, 2.75) is 39.2 Å². The van der Waals surface area contributed by atoms with Crippen LogP contribution in [0.4, 0.5) is 0 Å². The maximum Gasteiger partial charge on any atom is 0.223 e. The molecule has 0 saturated carbocycles. The lowest BCUT2D eigenvalue weighted by molar-refractivity contribution is 0.450. The predicted octanol–water partition coefficient (Wildman–Crippen LogP) is 0.561. The van der Waals surface area contributed by atoms with Crippen LogP contribution in [-0.4, -0.2) is 42.4 Å². The highest BCUT2D eigenvalue weighted by Gasteiger charge is 2.04. The smallest absolute Gasteiger partial charge is 0.223 e. The summed E-state index contributed by atoms with van der Waals surface area (Å²) >= 11 is 0. The Hall–Kier alpha value is -1.37. The number of aromatic hydroxyl groups is 1. The van der Waals surface area contributed by atoms with Gasteiger partial charge in [-0.3, -0.25) is 4.79 Å². The SMILES string of the molecule is Cc1c(O)c(=O)ccn1CCCNCCCCNCCCN. The molecule has 1 aromatic rings. The summed E-state index contributed by atoms with van der Waals surface area (Å²) in [5, 5.41) is 16.4. The molecule has 0 aliphatic rings. The molecule has 126 valence electrons. The Kier molecular flexibility index (Phi) is 9.54. The van der Waals surface area contributed by atoms with E-state index in [2.05, 4.69) is 10.6 Å². The van der Waals surface area contributed by atoms with Gasteiger partial charge in [0.1, 0.15) is 0 Å². The van der Waals surface area contributed by atoms with E-state index in [1.54, 1.807) is 13.1 Å². The highest BCUT2D eigenvalue weighted by Crippen LogP contribution is 2.09. The van der Waals surface area contributed by atoms with Crippen molar-refractivity contribution in [2.75, 3.05) is 32.7 Å². The van der Waals surface area contributed by atoms with Crippen molar-refractivity contribution in [2.24, 2.45) is 5.73 Å². The topological polar surface area (TPSA) is 92.3 Å². The Morgan fingerprint density at radius 1 is 1.09 bits per heavy atom. The van der Waals surface area contributed by atoms with E-state index >= 15 is 0 Å². The fourth-order valence-corrected chi connectivity index (χ4v) is 2.26. The van der Waals surface area contributed by atoms with Gasteiger partial charge in [0.05, 0.1) is 5.69 Å². The predicted molar refractivity (Wildman–Crippen MR) is 90.4 cm³/mol. The number of aromatic nitrogens is 1. The lowest BCUT2D eigenvalue weighted by Gasteiger charge is -2.11. The van der Waals surface area contributed by atoms with E-state index in [9.17, 15) is 9.90 Å². The van der Waals surface area contributed by atoms with Crippen molar-refractivity contribution >= 4 is 0 Å². The molecule has 0 bridgehead atoms. The molecule has 0 saturated heterocycles. The first-order valence-corrected chi connectivity index (χ1v) is 8.17. The molecule has 0 fully saturated rings. The van der Waals surface area contributed by atoms with Gasteiger partial charge in [0.15, 0.2) is 5.75 Å². The maximum atomic E-state index is 11.3. The zero-order valence-electron chi connectivity index (χ0n) is 13.6. The molecule has 0 aromatic carbocycles. The van der Waals surface area contributed by atoms with Crippen molar-refractivity contribution in [3.63, 3.8) is 0 Å². The van der Waals surface area contributed by atoms with Gasteiger partial charge >= 0.3 is 0 Å². The molecule has 0 atom stereocenters. The van der Waals surface area contributed by atoms with Crippen molar-refractivity contribution in [3.8, 4) is 5.75 Å². The number of pyridine rings is 1. The lowest BCUT2D eigenvalue weighted by atomic mass is 10.3. The van der Waals surface area contributed by atoms with Crippen LogP contribution in [0.25, 0.3) is 0 Å². The molecule has 1 rings (SSSR count). The van der Waals surface area contributed by atoms with Crippen molar-refractivity contribution in [1.29, 1.82) is 0 Å². The summed E-state index contributed by atoms with van der Waals surface area (Å²) in [4.78, 5) is 11.3. The third-order valence-corrected chi connectivity index (χ3v) is 3.68. The molecule has 1 aromatic heterocycles. The Morgan fingerprint density at radius 3 is 2.32 bits per heavy atom. The van der Waals surface area contributed by atoms with Crippen LogP contribution in [0.3, 0.4) is 0 Å². The number of nitrogens with one attached hydrogen (secondary N) is 2. The summed E-state index contributed by atoms with van der Waals surface area (Å²) < 4.78 is 1.92. The van der Waals surface area contributed by atoms with Crippen LogP contribution in [0.2, 0.25) is 0 Å². The minimum absolute atomic E-state index is 0.141. The van der Waals surface area contributed by atoms with Gasteiger partial charge in [0.25, 0.3) is 0 Å². The minimum atomic E-state index is -0.313. The number of hydrogen-bond donors (Lipinski definition) is 4. The molecule has 22 heavy (non-hydrogen) atoms. The Labute approximate surface area is 132 Å². The normalized spacial score (nSPS) is 11.0. The molecule has 0 radical (unpaired) electrons. The molecule has 0 aliphatic heterocycles. The van der Waals surface area contributed by atoms with Gasteiger partial charge in [0, 0.05) is 18.8 Å². The van der Waals surface area contributed by atoms with Crippen LogP contribution in [0.5, 0.6) is 5.75 Å². The number of hydrogen-bond acceptors (Lipinski definition) is 5. The average Bonchev–Trinajstić information content (AvgIpc) is 2.52. The Bertz CT molecular complexity index is 474. The van der Waals surface area contributed by atoms with Crippen LogP contribution in [0, 0.1) is 6.92 Å². The Morgan fingerprint density at radius 2 is 1.68 bits per heavy atom. The van der Waals surface area contributed by atoms with Crippen LogP contribution >= 0.6 is 0 Å². The number of aryl methyl sites for hydroxylation is 1. The molecular formula is C16H30N4O2. The largest absolute Gasteiger partial charge is 0.503 e. The quantitative estimate of drug-likeness (QED) is 0.423. The summed E-state index contributed by atoms with van der Waals surface area (Å²) in [7, 11) is 0.